The van der Waals surface area contributed by atoms with Crippen molar-refractivity contribution in [3.63, 3.8) is 0 Å². The Bertz CT molecular complexity index is 1380. The first kappa shape index (κ1) is 26.0. The molecule has 206 valence electrons. The van der Waals surface area contributed by atoms with Crippen LogP contribution >= 0.6 is 0 Å². The number of nitrogens with one attached hydrogen (secondary N) is 3. The number of aromatic nitrogens is 4. The zero-order valence-corrected chi connectivity index (χ0v) is 23.8. The fourth-order valence-electron chi connectivity index (χ4n) is 6.79. The Labute approximate surface area is 231 Å². The maximum Gasteiger partial charge on any atom is 0.274 e. The monoisotopic (exact) mass is 527 g/mol. The lowest BCUT2D eigenvalue weighted by molar-refractivity contribution is 0.102. The van der Waals surface area contributed by atoms with Crippen LogP contribution in [0.15, 0.2) is 36.7 Å². The predicted octanol–water partition coefficient (Wildman–Crippen LogP) is 5.16. The second-order valence-corrected chi connectivity index (χ2v) is 12.9. The van der Waals surface area contributed by atoms with Crippen molar-refractivity contribution in [1.29, 1.82) is 0 Å². The highest BCUT2D eigenvalue weighted by molar-refractivity contribution is 6.03. The zero-order chi connectivity index (χ0) is 27.4. The Morgan fingerprint density at radius 3 is 2.69 bits per heavy atom. The normalized spacial score (nSPS) is 24.3. The van der Waals surface area contributed by atoms with Gasteiger partial charge in [0.15, 0.2) is 0 Å². The molecule has 0 spiro atoms. The van der Waals surface area contributed by atoms with E-state index in [1.165, 1.54) is 19.3 Å². The number of anilines is 2. The van der Waals surface area contributed by atoms with E-state index in [0.717, 1.165) is 65.9 Å². The van der Waals surface area contributed by atoms with Crippen molar-refractivity contribution >= 4 is 17.3 Å². The van der Waals surface area contributed by atoms with Crippen LogP contribution in [0.1, 0.15) is 92.9 Å². The number of fused-ring (bicyclic) bond motifs is 1. The van der Waals surface area contributed by atoms with E-state index in [0.29, 0.717) is 17.7 Å². The molecule has 3 N–H and O–H groups in total. The smallest absolute Gasteiger partial charge is 0.274 e. The van der Waals surface area contributed by atoms with E-state index >= 15 is 0 Å². The summed E-state index contributed by atoms with van der Waals surface area (Å²) >= 11 is 0. The third-order valence-corrected chi connectivity index (χ3v) is 9.36. The lowest BCUT2D eigenvalue weighted by Crippen LogP contribution is -2.43. The minimum atomic E-state index is -0.180. The highest BCUT2D eigenvalue weighted by Crippen LogP contribution is 2.51. The van der Waals surface area contributed by atoms with Crippen molar-refractivity contribution in [2.24, 2.45) is 18.9 Å². The molecular formula is C31H41N7O. The van der Waals surface area contributed by atoms with Gasteiger partial charge in [0, 0.05) is 37.3 Å². The van der Waals surface area contributed by atoms with Gasteiger partial charge in [0.2, 0.25) is 0 Å². The van der Waals surface area contributed by atoms with Gasteiger partial charge in [-0.05, 0) is 73.8 Å². The van der Waals surface area contributed by atoms with E-state index in [4.69, 9.17) is 4.98 Å². The first-order valence-electron chi connectivity index (χ1n) is 14.4. The minimum Gasteiger partial charge on any atom is -0.382 e. The second kappa shape index (κ2) is 9.73. The number of amides is 1. The highest BCUT2D eigenvalue weighted by atomic mass is 16.1. The number of nitrogens with zero attached hydrogens (tertiary/aromatic N) is 4. The number of carbonyl (C=O) groups excluding carboxylic acids is 1. The maximum atomic E-state index is 13.6. The van der Waals surface area contributed by atoms with Gasteiger partial charge in [-0.2, -0.15) is 0 Å². The topological polar surface area (TPSA) is 96.8 Å². The quantitative estimate of drug-likeness (QED) is 0.375. The van der Waals surface area contributed by atoms with Gasteiger partial charge in [-0.25, -0.2) is 4.98 Å². The molecule has 0 radical (unpaired) electrons. The Morgan fingerprint density at radius 2 is 2.03 bits per heavy atom. The fourth-order valence-corrected chi connectivity index (χ4v) is 6.79. The van der Waals surface area contributed by atoms with E-state index in [2.05, 4.69) is 66.0 Å². The van der Waals surface area contributed by atoms with Gasteiger partial charge in [0.25, 0.3) is 5.91 Å². The summed E-state index contributed by atoms with van der Waals surface area (Å²) in [5.41, 5.74) is 5.25. The molecule has 0 bridgehead atoms. The van der Waals surface area contributed by atoms with Crippen molar-refractivity contribution in [2.75, 3.05) is 17.2 Å². The zero-order valence-electron chi connectivity index (χ0n) is 23.8. The van der Waals surface area contributed by atoms with Crippen molar-refractivity contribution < 1.29 is 4.79 Å². The van der Waals surface area contributed by atoms with Crippen molar-refractivity contribution in [1.82, 2.24) is 25.1 Å². The molecule has 8 heteroatoms. The highest BCUT2D eigenvalue weighted by Gasteiger charge is 2.48. The van der Waals surface area contributed by atoms with E-state index < -0.39 is 0 Å². The number of rotatable bonds is 8. The van der Waals surface area contributed by atoms with E-state index in [9.17, 15) is 4.79 Å². The molecule has 2 aliphatic carbocycles. The SMILES string of the molecule is CC1CC(c2cccc(NC(=O)c3cc(CN[C@@H](C)C4CCC4)c4c(n3)C(C)(C)CN4)c2)(c2nncn2C)C1. The Kier molecular flexibility index (Phi) is 6.49. The third-order valence-electron chi connectivity index (χ3n) is 9.36. The van der Waals surface area contributed by atoms with E-state index in [1.807, 2.05) is 29.8 Å². The fraction of sp³-hybridized carbons (Fsp3) is 0.548. The van der Waals surface area contributed by atoms with Crippen LogP contribution in [0.5, 0.6) is 0 Å². The van der Waals surface area contributed by atoms with Crippen LogP contribution in [-0.2, 0) is 24.4 Å². The summed E-state index contributed by atoms with van der Waals surface area (Å²) in [7, 11) is 2.00. The average molecular weight is 528 g/mol. The molecule has 1 amide bonds. The number of hydrogen-bond donors (Lipinski definition) is 3. The summed E-state index contributed by atoms with van der Waals surface area (Å²) < 4.78 is 2.02. The Balaban J connectivity index is 1.26. The number of aryl methyl sites for hydroxylation is 1. The largest absolute Gasteiger partial charge is 0.382 e. The van der Waals surface area contributed by atoms with Crippen molar-refractivity contribution in [3.8, 4) is 0 Å². The number of carbonyl (C=O) groups is 1. The molecule has 6 rings (SSSR count). The molecule has 2 saturated carbocycles. The van der Waals surface area contributed by atoms with Crippen LogP contribution in [0, 0.1) is 11.8 Å². The molecule has 0 unspecified atom stereocenters. The summed E-state index contributed by atoms with van der Waals surface area (Å²) in [6, 6.07) is 10.6. The van der Waals surface area contributed by atoms with Gasteiger partial charge >= 0.3 is 0 Å². The molecular weight excluding hydrogens is 486 g/mol. The molecule has 39 heavy (non-hydrogen) atoms. The van der Waals surface area contributed by atoms with Crippen molar-refractivity contribution in [3.05, 3.63) is 65.0 Å². The van der Waals surface area contributed by atoms with Crippen LogP contribution in [0.3, 0.4) is 0 Å². The van der Waals surface area contributed by atoms with Gasteiger partial charge in [-0.1, -0.05) is 39.3 Å². The van der Waals surface area contributed by atoms with Crippen LogP contribution in [0.4, 0.5) is 11.4 Å². The van der Waals surface area contributed by atoms with Crippen LogP contribution in [-0.4, -0.2) is 38.2 Å². The first-order valence-corrected chi connectivity index (χ1v) is 14.4. The number of hydrogen-bond acceptors (Lipinski definition) is 6. The van der Waals surface area contributed by atoms with Gasteiger partial charge < -0.3 is 20.5 Å². The Hall–Kier alpha value is -3.26. The van der Waals surface area contributed by atoms with Crippen LogP contribution in [0.2, 0.25) is 0 Å². The van der Waals surface area contributed by atoms with Crippen molar-refractivity contribution in [2.45, 2.75) is 83.2 Å². The predicted molar refractivity (Wildman–Crippen MR) is 154 cm³/mol. The molecule has 1 atom stereocenters. The summed E-state index contributed by atoms with van der Waals surface area (Å²) in [4.78, 5) is 18.5. The lowest BCUT2D eigenvalue weighted by Gasteiger charge is -2.46. The summed E-state index contributed by atoms with van der Waals surface area (Å²) in [6.45, 7) is 10.5. The molecule has 2 aromatic heterocycles. The third kappa shape index (κ3) is 4.62. The average Bonchev–Trinajstić information content (AvgIpc) is 3.42. The van der Waals surface area contributed by atoms with E-state index in [-0.39, 0.29) is 16.7 Å². The Morgan fingerprint density at radius 1 is 1.23 bits per heavy atom. The molecule has 3 heterocycles. The first-order chi connectivity index (χ1) is 18.7. The molecule has 8 nitrogen and oxygen atoms in total. The van der Waals surface area contributed by atoms with Gasteiger partial charge in [-0.3, -0.25) is 4.79 Å². The van der Waals surface area contributed by atoms with Gasteiger partial charge in [0.1, 0.15) is 17.8 Å². The van der Waals surface area contributed by atoms with Gasteiger partial charge in [0.05, 0.1) is 16.8 Å². The second-order valence-electron chi connectivity index (χ2n) is 12.9. The number of pyridine rings is 1. The minimum absolute atomic E-state index is 0.136. The molecule has 3 aromatic rings. The van der Waals surface area contributed by atoms with Gasteiger partial charge in [-0.15, -0.1) is 10.2 Å². The summed E-state index contributed by atoms with van der Waals surface area (Å²) in [5, 5.41) is 19.1. The lowest BCUT2D eigenvalue weighted by atomic mass is 9.58. The summed E-state index contributed by atoms with van der Waals surface area (Å²) in [5.74, 6) is 2.17. The number of benzene rings is 1. The van der Waals surface area contributed by atoms with Crippen LogP contribution in [0.25, 0.3) is 0 Å². The molecule has 2 fully saturated rings. The molecule has 1 aliphatic heterocycles. The molecule has 0 saturated heterocycles. The summed E-state index contributed by atoms with van der Waals surface area (Å²) in [6.07, 6.45) is 7.74. The van der Waals surface area contributed by atoms with Crippen LogP contribution < -0.4 is 16.0 Å². The molecule has 3 aliphatic rings. The van der Waals surface area contributed by atoms with E-state index in [1.54, 1.807) is 6.33 Å². The molecule has 1 aromatic carbocycles. The maximum absolute atomic E-state index is 13.6. The standard InChI is InChI=1S/C31H41N7O/c1-19-14-31(15-19,29-37-34-18-38(29)5)23-10-7-11-24(13-23)35-28(39)25-12-22(16-32-20(2)21-8-6-9-21)26-27(36-25)30(3,4)17-33-26/h7,10-13,18-21,32-33H,6,8-9,14-17H2,1-5H3,(H,35,39)/t19?,20-,31?/m0/s1.